The van der Waals surface area contributed by atoms with Gasteiger partial charge in [-0.2, -0.15) is 0 Å². The van der Waals surface area contributed by atoms with Crippen molar-refractivity contribution in [3.8, 4) is 34.5 Å². The molecule has 0 amide bonds. The molecule has 7 aromatic carbocycles. The zero-order valence-electron chi connectivity index (χ0n) is 31.6. The second kappa shape index (κ2) is 16.5. The number of nitrogens with two attached hydrogens (primary N) is 4. The summed E-state index contributed by atoms with van der Waals surface area (Å²) in [7, 11) is 0. The van der Waals surface area contributed by atoms with E-state index in [4.69, 9.17) is 41.9 Å². The quantitative estimate of drug-likeness (QED) is 0.0690. The van der Waals surface area contributed by atoms with E-state index >= 15 is 9.59 Å². The Morgan fingerprint density at radius 2 is 0.763 bits per heavy atom. The van der Waals surface area contributed by atoms with Crippen molar-refractivity contribution in [3.63, 3.8) is 0 Å². The van der Waals surface area contributed by atoms with E-state index in [9.17, 15) is 0 Å². The summed E-state index contributed by atoms with van der Waals surface area (Å²) >= 11 is 0. The van der Waals surface area contributed by atoms with Crippen LogP contribution in [0.2, 0.25) is 0 Å². The number of allylic oxidation sites excluding steroid dienone is 2. The molecule has 10 heteroatoms. The lowest BCUT2D eigenvalue weighted by Crippen LogP contribution is -2.38. The Labute approximate surface area is 340 Å². The highest BCUT2D eigenvalue weighted by Gasteiger charge is 2.43. The molecule has 59 heavy (non-hydrogen) atoms. The molecule has 0 saturated carbocycles. The Hall–Kier alpha value is -8.24. The maximum Gasteiger partial charge on any atom is 0.219 e. The summed E-state index contributed by atoms with van der Waals surface area (Å²) in [5, 5.41) is 0. The lowest BCUT2D eigenvalue weighted by molar-refractivity contribution is -0.119. The van der Waals surface area contributed by atoms with Crippen LogP contribution in [0.15, 0.2) is 187 Å². The Balaban J connectivity index is 1.34. The molecule has 0 aliphatic heterocycles. The van der Waals surface area contributed by atoms with Crippen molar-refractivity contribution >= 4 is 45.5 Å². The van der Waals surface area contributed by atoms with Gasteiger partial charge in [-0.1, -0.05) is 54.6 Å². The summed E-state index contributed by atoms with van der Waals surface area (Å²) in [5.74, 6) is 2.03. The van der Waals surface area contributed by atoms with Gasteiger partial charge in [-0.15, -0.1) is 0 Å². The van der Waals surface area contributed by atoms with Gasteiger partial charge >= 0.3 is 0 Å². The predicted molar refractivity (Wildman–Crippen MR) is 231 cm³/mol. The third kappa shape index (κ3) is 8.47. The molecular formula is C49H38N4O6. The summed E-state index contributed by atoms with van der Waals surface area (Å²) in [4.78, 5) is 30.5. The van der Waals surface area contributed by atoms with Gasteiger partial charge in [-0.05, 0) is 132 Å². The van der Waals surface area contributed by atoms with Crippen LogP contribution in [0.25, 0.3) is 11.1 Å². The van der Waals surface area contributed by atoms with E-state index < -0.39 is 17.7 Å². The third-order valence-electron chi connectivity index (χ3n) is 9.49. The Morgan fingerprint density at radius 1 is 0.407 bits per heavy atom. The Kier molecular flexibility index (Phi) is 10.5. The van der Waals surface area contributed by atoms with Gasteiger partial charge in [0, 0.05) is 39.5 Å². The first-order chi connectivity index (χ1) is 28.7. The number of hydrogen-bond donors (Lipinski definition) is 4. The van der Waals surface area contributed by atoms with Gasteiger partial charge in [0.2, 0.25) is 11.9 Å². The minimum absolute atomic E-state index is 0.00490. The number of benzene rings is 7. The van der Waals surface area contributed by atoms with Crippen LogP contribution in [-0.2, 0) is 4.79 Å². The summed E-state index contributed by atoms with van der Waals surface area (Å²) in [6.07, 6.45) is -1.42. The van der Waals surface area contributed by atoms with E-state index in [0.29, 0.717) is 79.5 Å². The summed E-state index contributed by atoms with van der Waals surface area (Å²) in [6, 6.07) is 50.4. The van der Waals surface area contributed by atoms with Gasteiger partial charge in [0.25, 0.3) is 0 Å². The molecule has 0 radical (unpaired) electrons. The molecule has 1 unspecified atom stereocenters. The van der Waals surface area contributed by atoms with Crippen molar-refractivity contribution in [2.45, 2.75) is 6.10 Å². The summed E-state index contributed by atoms with van der Waals surface area (Å²) in [5.41, 5.74) is 28.1. The molecule has 8 N–H and O–H groups in total. The molecule has 0 aromatic heterocycles. The van der Waals surface area contributed by atoms with E-state index in [2.05, 4.69) is 0 Å². The molecule has 10 nitrogen and oxygen atoms in total. The normalized spacial score (nSPS) is 13.8. The first-order valence-electron chi connectivity index (χ1n) is 18.6. The molecule has 8 rings (SSSR count). The molecule has 0 bridgehead atoms. The molecule has 0 fully saturated rings. The lowest BCUT2D eigenvalue weighted by atomic mass is 9.77. The number of ketones is 2. The van der Waals surface area contributed by atoms with Crippen LogP contribution in [-0.4, -0.2) is 17.7 Å². The topological polar surface area (TPSA) is 175 Å². The maximum absolute atomic E-state index is 15.4. The Bertz CT molecular complexity index is 2680. The van der Waals surface area contributed by atoms with Crippen molar-refractivity contribution in [2.24, 2.45) is 0 Å². The number of anilines is 4. The van der Waals surface area contributed by atoms with Gasteiger partial charge in [-0.3, -0.25) is 9.59 Å². The number of Topliss-reactive ketones (excluding diaryl/α,β-unsaturated/α-hetero) is 2. The van der Waals surface area contributed by atoms with Crippen LogP contribution in [0, 0.1) is 0 Å². The van der Waals surface area contributed by atoms with Gasteiger partial charge in [0.1, 0.15) is 34.5 Å². The maximum atomic E-state index is 15.4. The van der Waals surface area contributed by atoms with Crippen LogP contribution in [0.4, 0.5) is 22.7 Å². The molecule has 7 aromatic rings. The van der Waals surface area contributed by atoms with E-state index in [-0.39, 0.29) is 16.9 Å². The van der Waals surface area contributed by atoms with Crippen LogP contribution in [0.1, 0.15) is 21.5 Å². The SMILES string of the molecule is Nc1ccc(OC2=C(C(=O)c3ccccc3)C(c3ccc(Oc4ccc(N)cc4)cc3)=C(c3ccc(Oc4ccc(N)cc4)cc3)C(=O)C2Oc2ccc(N)cc2)cc1. The zero-order valence-corrected chi connectivity index (χ0v) is 31.6. The van der Waals surface area contributed by atoms with E-state index in [1.54, 1.807) is 170 Å². The number of ether oxygens (including phenoxy) is 4. The van der Waals surface area contributed by atoms with Crippen molar-refractivity contribution < 1.29 is 28.5 Å². The average Bonchev–Trinajstić information content (AvgIpc) is 3.26. The van der Waals surface area contributed by atoms with Crippen LogP contribution < -0.4 is 41.9 Å². The Morgan fingerprint density at radius 3 is 1.19 bits per heavy atom. The predicted octanol–water partition coefficient (Wildman–Crippen LogP) is 9.76. The van der Waals surface area contributed by atoms with Gasteiger partial charge in [0.15, 0.2) is 11.5 Å². The van der Waals surface area contributed by atoms with E-state index in [0.717, 1.165) is 0 Å². The molecule has 0 spiro atoms. The number of nitrogen functional groups attached to an aromatic ring is 4. The van der Waals surface area contributed by atoms with Crippen molar-refractivity contribution in [3.05, 3.63) is 204 Å². The second-order valence-electron chi connectivity index (χ2n) is 13.7. The molecule has 1 aliphatic carbocycles. The van der Waals surface area contributed by atoms with Gasteiger partial charge in [0.05, 0.1) is 5.57 Å². The largest absolute Gasteiger partial charge is 0.474 e. The highest BCUT2D eigenvalue weighted by atomic mass is 16.5. The van der Waals surface area contributed by atoms with Crippen molar-refractivity contribution in [2.75, 3.05) is 22.9 Å². The number of hydrogen-bond acceptors (Lipinski definition) is 10. The smallest absolute Gasteiger partial charge is 0.219 e. The molecule has 0 saturated heterocycles. The van der Waals surface area contributed by atoms with Crippen molar-refractivity contribution in [1.82, 2.24) is 0 Å². The highest BCUT2D eigenvalue weighted by Crippen LogP contribution is 2.44. The standard InChI is InChI=1S/C49H38N4O6/c50-33-10-22-39(23-11-33)56-37-18-6-30(7-19-37)43-44(31-8-20-38(21-9-31)57-40-24-12-34(51)13-25-40)47(55)49(59-42-28-16-36(53)17-29-42)48(58-41-26-14-35(52)15-27-41)45(43)46(54)32-4-2-1-3-5-32/h1-29,49H,50-53H2. The molecule has 1 atom stereocenters. The first kappa shape index (κ1) is 37.7. The minimum Gasteiger partial charge on any atom is -0.474 e. The van der Waals surface area contributed by atoms with Crippen LogP contribution in [0.5, 0.6) is 34.5 Å². The van der Waals surface area contributed by atoms with Gasteiger partial charge in [-0.25, -0.2) is 0 Å². The molecule has 1 aliphatic rings. The van der Waals surface area contributed by atoms with Crippen molar-refractivity contribution in [1.29, 1.82) is 0 Å². The summed E-state index contributed by atoms with van der Waals surface area (Å²) < 4.78 is 25.4. The van der Waals surface area contributed by atoms with Gasteiger partial charge < -0.3 is 41.9 Å². The van der Waals surface area contributed by atoms with Crippen LogP contribution >= 0.6 is 0 Å². The van der Waals surface area contributed by atoms with Crippen LogP contribution in [0.3, 0.4) is 0 Å². The number of carbonyl (C=O) groups excluding carboxylic acids is 2. The third-order valence-corrected chi connectivity index (χ3v) is 9.49. The number of rotatable bonds is 12. The molecular weight excluding hydrogens is 741 g/mol. The minimum atomic E-state index is -1.42. The van der Waals surface area contributed by atoms with E-state index in [1.165, 1.54) is 0 Å². The lowest BCUT2D eigenvalue weighted by Gasteiger charge is -2.31. The fourth-order valence-corrected chi connectivity index (χ4v) is 6.57. The highest BCUT2D eigenvalue weighted by molar-refractivity contribution is 6.38. The average molecular weight is 779 g/mol. The van der Waals surface area contributed by atoms with E-state index in [1.807, 2.05) is 6.07 Å². The first-order valence-corrected chi connectivity index (χ1v) is 18.6. The monoisotopic (exact) mass is 778 g/mol. The number of carbonyl (C=O) groups is 2. The molecule has 0 heterocycles. The fourth-order valence-electron chi connectivity index (χ4n) is 6.57. The fraction of sp³-hybridized carbons (Fsp3) is 0.0204. The summed E-state index contributed by atoms with van der Waals surface area (Å²) in [6.45, 7) is 0. The molecule has 290 valence electrons. The zero-order chi connectivity index (χ0) is 40.9. The second-order valence-corrected chi connectivity index (χ2v) is 13.7.